The maximum atomic E-state index is 10.6. The maximum absolute atomic E-state index is 10.6. The van der Waals surface area contributed by atoms with Crippen molar-refractivity contribution in [3.63, 3.8) is 0 Å². The van der Waals surface area contributed by atoms with E-state index in [1.165, 1.54) is 6.42 Å². The van der Waals surface area contributed by atoms with Crippen LogP contribution in [0.2, 0.25) is 0 Å². The molecule has 0 unspecified atom stereocenters. The molecular weight excluding hydrogens is 198 g/mol. The topological polar surface area (TPSA) is 107 Å². The molecule has 1 amide bonds. The predicted molar refractivity (Wildman–Crippen MR) is 44.9 cm³/mol. The number of nitrogens with one attached hydrogen (secondary N) is 1. The summed E-state index contributed by atoms with van der Waals surface area (Å²) < 4.78 is 32.8. The predicted octanol–water partition coefficient (Wildman–Crippen LogP) is -0.206. The van der Waals surface area contributed by atoms with Crippen LogP contribution in [0.25, 0.3) is 0 Å². The number of hydrogen-bond acceptors (Lipinski definition) is 4. The molecule has 1 aliphatic rings. The average Bonchev–Trinajstić information content (AvgIpc) is 2.12. The van der Waals surface area contributed by atoms with Crippen molar-refractivity contribution in [2.24, 2.45) is 0 Å². The summed E-state index contributed by atoms with van der Waals surface area (Å²) in [7, 11) is -4.92. The zero-order valence-electron chi connectivity index (χ0n) is 8.02. The first-order chi connectivity index (χ1) is 5.89. The molecule has 0 spiro atoms. The lowest BCUT2D eigenvalue weighted by molar-refractivity contribution is -0.120. The van der Waals surface area contributed by atoms with E-state index < -0.39 is 10.4 Å². The van der Waals surface area contributed by atoms with Crippen LogP contribution in [0.15, 0.2) is 0 Å². The van der Waals surface area contributed by atoms with Gasteiger partial charge in [0.1, 0.15) is 0 Å². The van der Waals surface area contributed by atoms with Crippen molar-refractivity contribution >= 4 is 16.3 Å². The van der Waals surface area contributed by atoms with Crippen LogP contribution in [-0.4, -0.2) is 30.0 Å². The number of rotatable bonds is 0. The molecule has 2 N–H and O–H groups in total. The normalized spacial score (nSPS) is 17.8. The monoisotopic (exact) mass is 211 g/mol. The second-order valence-electron chi connectivity index (χ2n) is 2.59. The summed E-state index contributed by atoms with van der Waals surface area (Å²) in [5, 5.41) is 2.81. The highest BCUT2D eigenvalue weighted by molar-refractivity contribution is 7.79. The van der Waals surface area contributed by atoms with Crippen LogP contribution < -0.4 is 5.32 Å². The van der Waals surface area contributed by atoms with Crippen LogP contribution in [0.4, 0.5) is 0 Å². The quantitative estimate of drug-likeness (QED) is 0.426. The summed E-state index contributed by atoms with van der Waals surface area (Å²) in [6.07, 6.45) is 4.18. The Kier molecular flexibility index (Phi) is 5.60. The van der Waals surface area contributed by atoms with Gasteiger partial charge in [-0.2, -0.15) is 0 Å². The third-order valence-corrected chi connectivity index (χ3v) is 1.40. The molecule has 1 aliphatic heterocycles. The van der Waals surface area contributed by atoms with Gasteiger partial charge in [0.05, 0.1) is 0 Å². The second-order valence-corrected chi connectivity index (χ2v) is 3.44. The maximum Gasteiger partial charge on any atom is 1.00 e. The molecule has 1 fully saturated rings. The lowest BCUT2D eigenvalue weighted by Crippen LogP contribution is -2.21. The summed E-state index contributed by atoms with van der Waals surface area (Å²) in [5.74, 6) is 0.225. The molecule has 6 nitrogen and oxygen atoms in total. The van der Waals surface area contributed by atoms with Gasteiger partial charge >= 0.3 is 1.43 Å². The minimum Gasteiger partial charge on any atom is -0.726 e. The van der Waals surface area contributed by atoms with Gasteiger partial charge in [0.25, 0.3) is 0 Å². The molecule has 13 heavy (non-hydrogen) atoms. The fourth-order valence-electron chi connectivity index (χ4n) is 0.904. The zero-order valence-corrected chi connectivity index (χ0v) is 7.84. The Balaban J connectivity index is 0. The Morgan fingerprint density at radius 3 is 2.46 bits per heavy atom. The van der Waals surface area contributed by atoms with Crippen molar-refractivity contribution in [3.8, 4) is 0 Å². The van der Waals surface area contributed by atoms with Crippen LogP contribution >= 0.6 is 0 Å². The van der Waals surface area contributed by atoms with Crippen LogP contribution in [-0.2, 0) is 15.2 Å². The lowest BCUT2D eigenvalue weighted by atomic mass is 10.2. The van der Waals surface area contributed by atoms with E-state index in [1.54, 1.807) is 0 Å². The molecule has 0 saturated carbocycles. The fourth-order valence-corrected chi connectivity index (χ4v) is 0.904. The Morgan fingerprint density at radius 1 is 1.38 bits per heavy atom. The van der Waals surface area contributed by atoms with E-state index in [1.807, 2.05) is 0 Å². The minimum atomic E-state index is -4.92. The Morgan fingerprint density at radius 2 is 1.92 bits per heavy atom. The van der Waals surface area contributed by atoms with E-state index in [4.69, 9.17) is 17.5 Å². The molecule has 1 rings (SSSR count). The molecule has 78 valence electrons. The van der Waals surface area contributed by atoms with Crippen LogP contribution in [0.1, 0.15) is 27.1 Å². The van der Waals surface area contributed by atoms with Crippen LogP contribution in [0.3, 0.4) is 0 Å². The lowest BCUT2D eigenvalue weighted by Gasteiger charge is -1.93. The van der Waals surface area contributed by atoms with E-state index in [9.17, 15) is 4.79 Å². The van der Waals surface area contributed by atoms with Gasteiger partial charge in [0, 0.05) is 13.0 Å². The van der Waals surface area contributed by atoms with Crippen molar-refractivity contribution in [2.75, 3.05) is 6.54 Å². The first-order valence-corrected chi connectivity index (χ1v) is 5.21. The van der Waals surface area contributed by atoms with Crippen LogP contribution in [0, 0.1) is 0 Å². The Hall–Kier alpha value is -0.660. The Bertz CT molecular complexity index is 235. The summed E-state index contributed by atoms with van der Waals surface area (Å²) >= 11 is 0. The van der Waals surface area contributed by atoms with Crippen molar-refractivity contribution in [2.45, 2.75) is 25.7 Å². The van der Waals surface area contributed by atoms with Crippen molar-refractivity contribution in [1.82, 2.24) is 5.32 Å². The summed E-state index contributed by atoms with van der Waals surface area (Å²) in [6, 6.07) is 0. The molecule has 0 aromatic carbocycles. The van der Waals surface area contributed by atoms with Gasteiger partial charge in [-0.25, -0.2) is 8.42 Å². The van der Waals surface area contributed by atoms with Gasteiger partial charge in [-0.05, 0) is 12.8 Å². The highest BCUT2D eigenvalue weighted by Gasteiger charge is 2.03. The van der Waals surface area contributed by atoms with E-state index >= 15 is 0 Å². The standard InChI is InChI=1S/C6H11NO.H2O4S/c8-6-4-2-1-3-5-7-6;1-5(2,3)4/h1-5H2,(H,7,8);(H2,1,2,3,4). The molecule has 7 heteroatoms. The number of carbonyl (C=O) groups is 1. The smallest absolute Gasteiger partial charge is 0.726 e. The molecule has 0 aliphatic carbocycles. The third kappa shape index (κ3) is 14.2. The summed E-state index contributed by atoms with van der Waals surface area (Å²) in [6.45, 7) is 0.888. The van der Waals surface area contributed by atoms with E-state index in [0.29, 0.717) is 0 Å². The molecule has 1 saturated heterocycles. The molecule has 0 aromatic heterocycles. The molecule has 1 heterocycles. The summed E-state index contributed by atoms with van der Waals surface area (Å²) in [5.41, 5.74) is 0. The first kappa shape index (κ1) is 12.3. The largest absolute Gasteiger partial charge is 1.00 e. The van der Waals surface area contributed by atoms with Gasteiger partial charge in [0.15, 0.2) is 0 Å². The number of amides is 1. The fraction of sp³-hybridized carbons (Fsp3) is 0.833. The van der Waals surface area contributed by atoms with E-state index in [2.05, 4.69) is 5.32 Å². The van der Waals surface area contributed by atoms with Crippen molar-refractivity contribution in [1.29, 1.82) is 0 Å². The highest BCUT2D eigenvalue weighted by Crippen LogP contribution is 2.02. The minimum absolute atomic E-state index is 0. The van der Waals surface area contributed by atoms with Gasteiger partial charge in [0.2, 0.25) is 16.3 Å². The third-order valence-electron chi connectivity index (χ3n) is 1.40. The number of hydrogen-bond donors (Lipinski definition) is 2. The van der Waals surface area contributed by atoms with Crippen LogP contribution in [0.5, 0.6) is 0 Å². The second kappa shape index (κ2) is 5.90. The van der Waals surface area contributed by atoms with E-state index in [0.717, 1.165) is 25.8 Å². The Labute approximate surface area is 78.4 Å². The average molecular weight is 211 g/mol. The zero-order chi connectivity index (χ0) is 10.3. The van der Waals surface area contributed by atoms with Gasteiger partial charge in [-0.1, -0.05) is 6.42 Å². The van der Waals surface area contributed by atoms with Crippen molar-refractivity contribution < 1.29 is 23.7 Å². The van der Waals surface area contributed by atoms with Gasteiger partial charge in [-0.15, -0.1) is 0 Å². The number of carbonyl (C=O) groups excluding carboxylic acids is 1. The molecule has 0 aromatic rings. The van der Waals surface area contributed by atoms with Gasteiger partial charge < -0.3 is 9.87 Å². The van der Waals surface area contributed by atoms with Gasteiger partial charge in [-0.3, -0.25) is 9.35 Å². The summed E-state index contributed by atoms with van der Waals surface area (Å²) in [4.78, 5) is 10.6. The molecule has 0 bridgehead atoms. The van der Waals surface area contributed by atoms with E-state index in [-0.39, 0.29) is 7.33 Å². The highest BCUT2D eigenvalue weighted by atomic mass is 32.3. The SMILES string of the molecule is O=C1CCCCCN1.O=S(=O)([O-])O.[H+]. The van der Waals surface area contributed by atoms with Crippen molar-refractivity contribution in [3.05, 3.63) is 0 Å². The molecule has 0 radical (unpaired) electrons. The molecule has 0 atom stereocenters. The molecular formula is C6H13NO5S. The first-order valence-electron chi connectivity index (χ1n) is 3.84.